The first kappa shape index (κ1) is 18.3. The normalized spacial score (nSPS) is 18.3. The molecule has 0 aromatic heterocycles. The number of alkyl halides is 3. The SMILES string of the molecule is C[NH+](CC(=O)N[C@](C)(C#N)C1CC1)Cc1ccc(C(F)(F)F)cc1. The summed E-state index contributed by atoms with van der Waals surface area (Å²) in [4.78, 5) is 12.9. The Morgan fingerprint density at radius 3 is 2.38 bits per heavy atom. The second-order valence-corrected chi connectivity index (χ2v) is 6.64. The summed E-state index contributed by atoms with van der Waals surface area (Å²) in [5, 5.41) is 12.0. The third kappa shape index (κ3) is 4.71. The molecule has 1 aliphatic rings. The Bertz CT molecular complexity index is 632. The fraction of sp³-hybridized carbons (Fsp3) is 0.529. The first-order valence-corrected chi connectivity index (χ1v) is 7.84. The second-order valence-electron chi connectivity index (χ2n) is 6.64. The lowest BCUT2D eigenvalue weighted by Crippen LogP contribution is -3.09. The lowest BCUT2D eigenvalue weighted by atomic mass is 9.98. The molecule has 1 unspecified atom stereocenters. The van der Waals surface area contributed by atoms with Gasteiger partial charge in [-0.15, -0.1) is 0 Å². The number of nitrogens with one attached hydrogen (secondary N) is 2. The van der Waals surface area contributed by atoms with Crippen molar-refractivity contribution in [3.05, 3.63) is 35.4 Å². The van der Waals surface area contributed by atoms with Crippen LogP contribution < -0.4 is 10.2 Å². The summed E-state index contributed by atoms with van der Waals surface area (Å²) in [6.45, 7) is 2.32. The zero-order chi connectivity index (χ0) is 18.0. The minimum absolute atomic E-state index is 0.158. The molecule has 1 fully saturated rings. The van der Waals surface area contributed by atoms with Crippen molar-refractivity contribution < 1.29 is 22.9 Å². The van der Waals surface area contributed by atoms with Gasteiger partial charge in [0.1, 0.15) is 12.1 Å². The molecule has 130 valence electrons. The molecule has 0 aliphatic heterocycles. The molecule has 2 atom stereocenters. The zero-order valence-corrected chi connectivity index (χ0v) is 13.7. The number of nitrogens with zero attached hydrogens (tertiary/aromatic N) is 1. The summed E-state index contributed by atoms with van der Waals surface area (Å²) in [6, 6.07) is 7.10. The van der Waals surface area contributed by atoms with Crippen molar-refractivity contribution in [3.63, 3.8) is 0 Å². The van der Waals surface area contributed by atoms with Crippen molar-refractivity contribution >= 4 is 5.91 Å². The molecule has 1 aromatic rings. The quantitative estimate of drug-likeness (QED) is 0.825. The number of likely N-dealkylation sites (N-methyl/N-ethyl adjacent to an activating group) is 1. The molecule has 1 aromatic carbocycles. The number of halogens is 3. The Kier molecular flexibility index (Phi) is 5.19. The summed E-state index contributed by atoms with van der Waals surface area (Å²) in [5.41, 5.74) is -0.791. The van der Waals surface area contributed by atoms with Gasteiger partial charge in [0.15, 0.2) is 6.54 Å². The standard InChI is InChI=1S/C17H20F3N3O/c1-16(11-21,13-7-8-13)22-15(24)10-23(2)9-12-3-5-14(6-4-12)17(18,19)20/h3-6,13H,7-10H2,1-2H3,(H,22,24)/p+1/t16-/m1/s1. The predicted octanol–water partition coefficient (Wildman–Crippen LogP) is 1.53. The molecule has 1 saturated carbocycles. The maximum Gasteiger partial charge on any atom is 0.416 e. The topological polar surface area (TPSA) is 57.3 Å². The van der Waals surface area contributed by atoms with Gasteiger partial charge in [-0.2, -0.15) is 18.4 Å². The fourth-order valence-corrected chi connectivity index (χ4v) is 2.71. The van der Waals surface area contributed by atoms with E-state index in [1.807, 2.05) is 0 Å². The highest BCUT2D eigenvalue weighted by Crippen LogP contribution is 2.39. The Morgan fingerprint density at radius 2 is 1.92 bits per heavy atom. The third-order valence-electron chi connectivity index (χ3n) is 4.27. The van der Waals surface area contributed by atoms with E-state index < -0.39 is 17.3 Å². The Morgan fingerprint density at radius 1 is 1.33 bits per heavy atom. The molecular formula is C17H21F3N3O+. The molecule has 0 bridgehead atoms. The van der Waals surface area contributed by atoms with Gasteiger partial charge in [0.25, 0.3) is 5.91 Å². The average molecular weight is 340 g/mol. The number of nitriles is 1. The van der Waals surface area contributed by atoms with Crippen molar-refractivity contribution in [1.29, 1.82) is 5.26 Å². The highest BCUT2D eigenvalue weighted by atomic mass is 19.4. The maximum absolute atomic E-state index is 12.5. The van der Waals surface area contributed by atoms with E-state index in [0.29, 0.717) is 6.54 Å². The van der Waals surface area contributed by atoms with Gasteiger partial charge < -0.3 is 10.2 Å². The zero-order valence-electron chi connectivity index (χ0n) is 13.7. The number of benzene rings is 1. The highest BCUT2D eigenvalue weighted by molar-refractivity contribution is 5.78. The summed E-state index contributed by atoms with van der Waals surface area (Å²) in [5.74, 6) is -0.0166. The van der Waals surface area contributed by atoms with E-state index >= 15 is 0 Å². The highest BCUT2D eigenvalue weighted by Gasteiger charge is 2.43. The number of quaternary nitrogens is 1. The number of hydrogen-bond acceptors (Lipinski definition) is 2. The Balaban J connectivity index is 1.87. The van der Waals surface area contributed by atoms with Gasteiger partial charge in [-0.25, -0.2) is 0 Å². The number of carbonyl (C=O) groups excluding carboxylic acids is 1. The summed E-state index contributed by atoms with van der Waals surface area (Å²) < 4.78 is 37.6. The van der Waals surface area contributed by atoms with Gasteiger partial charge in [0.05, 0.1) is 18.7 Å². The van der Waals surface area contributed by atoms with Crippen molar-refractivity contribution in [3.8, 4) is 6.07 Å². The molecule has 1 aliphatic carbocycles. The van der Waals surface area contributed by atoms with E-state index in [9.17, 15) is 23.2 Å². The number of hydrogen-bond donors (Lipinski definition) is 2. The van der Waals surface area contributed by atoms with Crippen LogP contribution in [0.1, 0.15) is 30.9 Å². The minimum Gasteiger partial charge on any atom is -0.333 e. The lowest BCUT2D eigenvalue weighted by molar-refractivity contribution is -0.885. The van der Waals surface area contributed by atoms with Crippen LogP contribution >= 0.6 is 0 Å². The van der Waals surface area contributed by atoms with Crippen molar-refractivity contribution in [2.45, 2.75) is 38.0 Å². The molecule has 24 heavy (non-hydrogen) atoms. The van der Waals surface area contributed by atoms with E-state index in [4.69, 9.17) is 0 Å². The van der Waals surface area contributed by atoms with Crippen molar-refractivity contribution in [2.24, 2.45) is 5.92 Å². The molecule has 2 rings (SSSR count). The monoisotopic (exact) mass is 340 g/mol. The van der Waals surface area contributed by atoms with Crippen LogP contribution in [-0.4, -0.2) is 25.0 Å². The first-order valence-electron chi connectivity index (χ1n) is 7.84. The smallest absolute Gasteiger partial charge is 0.333 e. The maximum atomic E-state index is 12.5. The summed E-state index contributed by atoms with van der Waals surface area (Å²) in [6.07, 6.45) is -2.46. The molecule has 7 heteroatoms. The van der Waals surface area contributed by atoms with Crippen LogP contribution in [0.15, 0.2) is 24.3 Å². The lowest BCUT2D eigenvalue weighted by Gasteiger charge is -2.23. The van der Waals surface area contributed by atoms with E-state index in [0.717, 1.165) is 35.4 Å². The van der Waals surface area contributed by atoms with Crippen LogP contribution in [0, 0.1) is 17.2 Å². The van der Waals surface area contributed by atoms with E-state index in [1.165, 1.54) is 12.1 Å². The molecule has 0 spiro atoms. The van der Waals surface area contributed by atoms with Crippen LogP contribution in [0.2, 0.25) is 0 Å². The first-order chi connectivity index (χ1) is 11.1. The van der Waals surface area contributed by atoms with Crippen LogP contribution in [0.25, 0.3) is 0 Å². The van der Waals surface area contributed by atoms with Crippen molar-refractivity contribution in [1.82, 2.24) is 5.32 Å². The largest absolute Gasteiger partial charge is 0.416 e. The predicted molar refractivity (Wildman–Crippen MR) is 81.8 cm³/mol. The van der Waals surface area contributed by atoms with Crippen LogP contribution in [0.3, 0.4) is 0 Å². The van der Waals surface area contributed by atoms with Crippen LogP contribution in [0.4, 0.5) is 13.2 Å². The minimum atomic E-state index is -4.35. The summed E-state index contributed by atoms with van der Waals surface area (Å²) >= 11 is 0. The second kappa shape index (κ2) is 6.81. The van der Waals surface area contributed by atoms with Gasteiger partial charge in [0.2, 0.25) is 0 Å². The molecule has 0 saturated heterocycles. The average Bonchev–Trinajstić information content (AvgIpc) is 3.31. The molecule has 0 heterocycles. The molecule has 0 radical (unpaired) electrons. The van der Waals surface area contributed by atoms with Gasteiger partial charge in [-0.05, 0) is 37.8 Å². The van der Waals surface area contributed by atoms with E-state index in [1.54, 1.807) is 14.0 Å². The molecule has 4 nitrogen and oxygen atoms in total. The summed E-state index contributed by atoms with van der Waals surface area (Å²) in [7, 11) is 1.79. The Labute approximate surface area is 139 Å². The number of carbonyl (C=O) groups is 1. The Hall–Kier alpha value is -2.07. The molecule has 2 N–H and O–H groups in total. The van der Waals surface area contributed by atoms with E-state index in [2.05, 4.69) is 11.4 Å². The molecule has 1 amide bonds. The van der Waals surface area contributed by atoms with Crippen LogP contribution in [-0.2, 0) is 17.5 Å². The number of rotatable bonds is 6. The molecular weight excluding hydrogens is 319 g/mol. The van der Waals surface area contributed by atoms with Crippen molar-refractivity contribution in [2.75, 3.05) is 13.6 Å². The van der Waals surface area contributed by atoms with Crippen LogP contribution in [0.5, 0.6) is 0 Å². The third-order valence-corrected chi connectivity index (χ3v) is 4.27. The van der Waals surface area contributed by atoms with E-state index in [-0.39, 0.29) is 18.4 Å². The number of amides is 1. The van der Waals surface area contributed by atoms with Gasteiger partial charge in [-0.1, -0.05) is 12.1 Å². The fourth-order valence-electron chi connectivity index (χ4n) is 2.71. The van der Waals surface area contributed by atoms with Gasteiger partial charge >= 0.3 is 6.18 Å². The van der Waals surface area contributed by atoms with Gasteiger partial charge in [-0.3, -0.25) is 4.79 Å². The van der Waals surface area contributed by atoms with Gasteiger partial charge in [0, 0.05) is 5.56 Å².